The Hall–Kier alpha value is -3.07. The van der Waals surface area contributed by atoms with Crippen molar-refractivity contribution in [2.75, 3.05) is 31.2 Å². The molecule has 0 N–H and O–H groups in total. The molecule has 1 aliphatic heterocycles. The van der Waals surface area contributed by atoms with Gasteiger partial charge in [-0.3, -0.25) is 4.40 Å². The second-order valence-corrected chi connectivity index (χ2v) is 7.19. The van der Waals surface area contributed by atoms with E-state index in [0.29, 0.717) is 72.0 Å². The van der Waals surface area contributed by atoms with Crippen LogP contribution in [0.3, 0.4) is 0 Å². The lowest BCUT2D eigenvalue weighted by Crippen LogP contribution is -2.37. The van der Waals surface area contributed by atoms with Crippen LogP contribution in [0, 0.1) is 5.82 Å². The number of ether oxygens (including phenoxy) is 1. The maximum Gasteiger partial charge on any atom is 0.230 e. The number of hydrogen-bond acceptors (Lipinski definition) is 7. The number of benzene rings is 1. The number of aromatic nitrogens is 5. The summed E-state index contributed by atoms with van der Waals surface area (Å²) in [6.45, 7) is 2.49. The predicted molar refractivity (Wildman–Crippen MR) is 98.8 cm³/mol. The third-order valence-electron chi connectivity index (χ3n) is 5.32. The minimum absolute atomic E-state index is 0.306. The van der Waals surface area contributed by atoms with E-state index < -0.39 is 0 Å². The Morgan fingerprint density at radius 1 is 1.11 bits per heavy atom. The SMILES string of the molecule is Fc1cccc2c1c(N1CCOCC1)nc1c(-c3noc(C4CC4)n3)ncn12. The van der Waals surface area contributed by atoms with E-state index in [1.165, 1.54) is 6.07 Å². The molecule has 0 atom stereocenters. The summed E-state index contributed by atoms with van der Waals surface area (Å²) in [6.07, 6.45) is 3.79. The highest BCUT2D eigenvalue weighted by atomic mass is 19.1. The zero-order valence-electron chi connectivity index (χ0n) is 15.0. The van der Waals surface area contributed by atoms with E-state index in [4.69, 9.17) is 14.2 Å². The first-order valence-electron chi connectivity index (χ1n) is 9.41. The Morgan fingerprint density at radius 2 is 1.96 bits per heavy atom. The normalized spacial score (nSPS) is 17.7. The minimum Gasteiger partial charge on any atom is -0.378 e. The number of morpholine rings is 1. The van der Waals surface area contributed by atoms with Crippen molar-refractivity contribution in [1.29, 1.82) is 0 Å². The van der Waals surface area contributed by atoms with Gasteiger partial charge in [-0.2, -0.15) is 4.98 Å². The van der Waals surface area contributed by atoms with Gasteiger partial charge in [0.05, 0.1) is 24.1 Å². The van der Waals surface area contributed by atoms with Gasteiger partial charge in [0.25, 0.3) is 0 Å². The van der Waals surface area contributed by atoms with Crippen molar-refractivity contribution in [3.8, 4) is 11.5 Å². The van der Waals surface area contributed by atoms with Crippen LogP contribution in [0.4, 0.5) is 10.2 Å². The van der Waals surface area contributed by atoms with Crippen LogP contribution in [0.25, 0.3) is 28.1 Å². The number of nitrogens with zero attached hydrogens (tertiary/aromatic N) is 6. The number of rotatable bonds is 3. The lowest BCUT2D eigenvalue weighted by atomic mass is 10.2. The number of halogens is 1. The Morgan fingerprint density at radius 3 is 2.79 bits per heavy atom. The second kappa shape index (κ2) is 5.96. The molecule has 0 spiro atoms. The highest BCUT2D eigenvalue weighted by molar-refractivity contribution is 5.94. The van der Waals surface area contributed by atoms with Crippen molar-refractivity contribution in [2.24, 2.45) is 0 Å². The van der Waals surface area contributed by atoms with Gasteiger partial charge in [0.2, 0.25) is 11.7 Å². The molecule has 0 bridgehead atoms. The van der Waals surface area contributed by atoms with Gasteiger partial charge in [0.15, 0.2) is 11.3 Å². The molecule has 4 aromatic rings. The molecular formula is C19H17FN6O2. The molecule has 2 fully saturated rings. The summed E-state index contributed by atoms with van der Waals surface area (Å²) < 4.78 is 27.4. The van der Waals surface area contributed by atoms with Gasteiger partial charge < -0.3 is 14.2 Å². The molecule has 142 valence electrons. The molecule has 4 heterocycles. The topological polar surface area (TPSA) is 81.6 Å². The lowest BCUT2D eigenvalue weighted by Gasteiger charge is -2.29. The van der Waals surface area contributed by atoms with Crippen LogP contribution in [-0.4, -0.2) is 50.8 Å². The van der Waals surface area contributed by atoms with Crippen LogP contribution in [0.5, 0.6) is 0 Å². The van der Waals surface area contributed by atoms with Crippen LogP contribution in [0.15, 0.2) is 29.0 Å². The zero-order chi connectivity index (χ0) is 18.7. The summed E-state index contributed by atoms with van der Waals surface area (Å²) >= 11 is 0. The van der Waals surface area contributed by atoms with Crippen molar-refractivity contribution < 1.29 is 13.7 Å². The van der Waals surface area contributed by atoms with Crippen LogP contribution in [0.2, 0.25) is 0 Å². The fourth-order valence-corrected chi connectivity index (χ4v) is 3.71. The predicted octanol–water partition coefficient (Wildman–Crippen LogP) is 2.79. The van der Waals surface area contributed by atoms with E-state index in [0.717, 1.165) is 12.8 Å². The molecule has 8 nitrogen and oxygen atoms in total. The van der Waals surface area contributed by atoms with Gasteiger partial charge in [0.1, 0.15) is 18.0 Å². The molecule has 2 aliphatic rings. The van der Waals surface area contributed by atoms with Crippen LogP contribution in [0.1, 0.15) is 24.7 Å². The largest absolute Gasteiger partial charge is 0.378 e. The van der Waals surface area contributed by atoms with E-state index >= 15 is 0 Å². The molecule has 0 unspecified atom stereocenters. The lowest BCUT2D eigenvalue weighted by molar-refractivity contribution is 0.122. The second-order valence-electron chi connectivity index (χ2n) is 7.19. The summed E-state index contributed by atoms with van der Waals surface area (Å²) in [7, 11) is 0. The van der Waals surface area contributed by atoms with Crippen molar-refractivity contribution in [1.82, 2.24) is 24.5 Å². The quantitative estimate of drug-likeness (QED) is 0.540. The van der Waals surface area contributed by atoms with Crippen LogP contribution < -0.4 is 4.90 Å². The molecule has 1 saturated carbocycles. The Labute approximate surface area is 158 Å². The molecule has 28 heavy (non-hydrogen) atoms. The van der Waals surface area contributed by atoms with Crippen molar-refractivity contribution in [3.05, 3.63) is 36.2 Å². The minimum atomic E-state index is -0.306. The van der Waals surface area contributed by atoms with Gasteiger partial charge in [-0.1, -0.05) is 11.2 Å². The summed E-state index contributed by atoms with van der Waals surface area (Å²) in [6, 6.07) is 5.02. The first kappa shape index (κ1) is 15.9. The Kier molecular flexibility index (Phi) is 3.39. The molecule has 1 aromatic carbocycles. The first-order valence-corrected chi connectivity index (χ1v) is 9.41. The summed E-state index contributed by atoms with van der Waals surface area (Å²) in [4.78, 5) is 15.8. The van der Waals surface area contributed by atoms with E-state index in [2.05, 4.69) is 20.0 Å². The fraction of sp³-hybridized carbons (Fsp3) is 0.368. The third kappa shape index (κ3) is 2.39. The number of anilines is 1. The van der Waals surface area contributed by atoms with E-state index in [1.807, 2.05) is 6.07 Å². The number of fused-ring (bicyclic) bond motifs is 3. The molecule has 3 aromatic heterocycles. The van der Waals surface area contributed by atoms with Gasteiger partial charge in [-0.15, -0.1) is 0 Å². The first-order chi connectivity index (χ1) is 13.8. The molecular weight excluding hydrogens is 363 g/mol. The summed E-state index contributed by atoms with van der Waals surface area (Å²) in [5, 5.41) is 4.58. The van der Waals surface area contributed by atoms with Crippen LogP contribution in [-0.2, 0) is 4.74 Å². The average molecular weight is 380 g/mol. The molecule has 0 amide bonds. The zero-order valence-corrected chi connectivity index (χ0v) is 15.0. The molecule has 6 rings (SSSR count). The standard InChI is InChI=1S/C19H17FN6O2/c20-12-2-1-3-13-14(12)17(25-6-8-27-9-7-25)23-18-15(21-10-26(13)18)16-22-19(28-24-16)11-4-5-11/h1-3,10-11H,4-9H2. The average Bonchev–Trinajstić information content (AvgIpc) is 3.30. The van der Waals surface area contributed by atoms with E-state index in [1.54, 1.807) is 16.8 Å². The smallest absolute Gasteiger partial charge is 0.230 e. The van der Waals surface area contributed by atoms with Crippen LogP contribution >= 0.6 is 0 Å². The van der Waals surface area contributed by atoms with Gasteiger partial charge in [-0.05, 0) is 25.0 Å². The summed E-state index contributed by atoms with van der Waals surface area (Å²) in [5.41, 5.74) is 1.83. The summed E-state index contributed by atoms with van der Waals surface area (Å²) in [5.74, 6) is 1.72. The maximum atomic E-state index is 14.8. The van der Waals surface area contributed by atoms with Crippen molar-refractivity contribution in [2.45, 2.75) is 18.8 Å². The highest BCUT2D eigenvalue weighted by Gasteiger charge is 2.31. The number of imidazole rings is 1. The van der Waals surface area contributed by atoms with Gasteiger partial charge in [0, 0.05) is 19.0 Å². The monoisotopic (exact) mass is 380 g/mol. The molecule has 9 heteroatoms. The van der Waals surface area contributed by atoms with Crippen molar-refractivity contribution in [3.63, 3.8) is 0 Å². The Bertz CT molecular complexity index is 1190. The van der Waals surface area contributed by atoms with Crippen molar-refractivity contribution >= 4 is 22.4 Å². The van der Waals surface area contributed by atoms with E-state index in [9.17, 15) is 4.39 Å². The van der Waals surface area contributed by atoms with Gasteiger partial charge in [-0.25, -0.2) is 14.4 Å². The Balaban J connectivity index is 1.59. The molecule has 0 radical (unpaired) electrons. The fourth-order valence-electron chi connectivity index (χ4n) is 3.71. The molecule has 1 aliphatic carbocycles. The highest BCUT2D eigenvalue weighted by Crippen LogP contribution is 2.40. The van der Waals surface area contributed by atoms with E-state index in [-0.39, 0.29) is 5.82 Å². The number of hydrogen-bond donors (Lipinski definition) is 0. The maximum absolute atomic E-state index is 14.8. The molecule has 1 saturated heterocycles. The van der Waals surface area contributed by atoms with Gasteiger partial charge >= 0.3 is 0 Å². The third-order valence-corrected chi connectivity index (χ3v) is 5.32.